The van der Waals surface area contributed by atoms with Gasteiger partial charge in [0.15, 0.2) is 0 Å². The van der Waals surface area contributed by atoms with E-state index in [1.807, 2.05) is 0 Å². The maximum absolute atomic E-state index is 12.1. The maximum Gasteiger partial charge on any atom is 0.275 e. The van der Waals surface area contributed by atoms with Crippen molar-refractivity contribution in [3.8, 4) is 11.5 Å². The summed E-state index contributed by atoms with van der Waals surface area (Å²) >= 11 is 6.01. The second-order valence-corrected chi connectivity index (χ2v) is 6.03. The summed E-state index contributed by atoms with van der Waals surface area (Å²) < 4.78 is 0. The van der Waals surface area contributed by atoms with Crippen LogP contribution in [0.2, 0.25) is 5.02 Å². The van der Waals surface area contributed by atoms with E-state index in [4.69, 9.17) is 11.6 Å². The van der Waals surface area contributed by atoms with Crippen LogP contribution >= 0.6 is 11.6 Å². The highest BCUT2D eigenvalue weighted by molar-refractivity contribution is 6.31. The van der Waals surface area contributed by atoms with Gasteiger partial charge in [0, 0.05) is 22.5 Å². The molecule has 2 aromatic carbocycles. The van der Waals surface area contributed by atoms with Crippen LogP contribution in [0.3, 0.4) is 0 Å². The molecule has 0 bridgehead atoms. The second-order valence-electron chi connectivity index (χ2n) is 5.63. The number of carbonyl (C=O) groups excluding carboxylic acids is 2. The Morgan fingerprint density at radius 2 is 1.92 bits per heavy atom. The molecule has 4 N–H and O–H groups in total. The van der Waals surface area contributed by atoms with E-state index in [1.54, 1.807) is 32.0 Å². The highest BCUT2D eigenvalue weighted by Gasteiger charge is 2.12. The predicted molar refractivity (Wildman–Crippen MR) is 99.8 cm³/mol. The molecule has 26 heavy (non-hydrogen) atoms. The number of carbonyl (C=O) groups is 2. The summed E-state index contributed by atoms with van der Waals surface area (Å²) in [6.07, 6.45) is -0.0339. The molecule has 0 saturated heterocycles. The minimum Gasteiger partial charge on any atom is -0.508 e. The molecule has 2 amide bonds. The zero-order valence-electron chi connectivity index (χ0n) is 14.2. The van der Waals surface area contributed by atoms with E-state index in [-0.39, 0.29) is 29.4 Å². The number of nitrogens with zero attached hydrogens (tertiary/aromatic N) is 1. The summed E-state index contributed by atoms with van der Waals surface area (Å²) in [4.78, 5) is 24.0. The van der Waals surface area contributed by atoms with E-state index in [9.17, 15) is 19.8 Å². The number of hydrogen-bond acceptors (Lipinski definition) is 5. The molecule has 0 atom stereocenters. The molecular weight excluding hydrogens is 358 g/mol. The van der Waals surface area contributed by atoms with Crippen LogP contribution in [-0.2, 0) is 4.79 Å². The van der Waals surface area contributed by atoms with Gasteiger partial charge in [0.2, 0.25) is 5.91 Å². The van der Waals surface area contributed by atoms with Crippen molar-refractivity contribution in [1.29, 1.82) is 0 Å². The van der Waals surface area contributed by atoms with Crippen molar-refractivity contribution in [2.24, 2.45) is 5.10 Å². The molecule has 0 unspecified atom stereocenters. The molecule has 7 nitrogen and oxygen atoms in total. The molecule has 0 heterocycles. The fraction of sp³-hybridized carbons (Fsp3) is 0.167. The number of phenolic OH excluding ortho intramolecular Hbond substituents is 2. The first kappa shape index (κ1) is 19.3. The lowest BCUT2D eigenvalue weighted by Crippen LogP contribution is -2.21. The van der Waals surface area contributed by atoms with Crippen LogP contribution in [-0.4, -0.2) is 27.7 Å². The van der Waals surface area contributed by atoms with Crippen molar-refractivity contribution in [1.82, 2.24) is 5.43 Å². The van der Waals surface area contributed by atoms with Gasteiger partial charge in [-0.05, 0) is 43.7 Å². The van der Waals surface area contributed by atoms with Crippen LogP contribution in [0, 0.1) is 6.92 Å². The zero-order valence-corrected chi connectivity index (χ0v) is 15.0. The van der Waals surface area contributed by atoms with Crippen molar-refractivity contribution >= 4 is 34.8 Å². The molecule has 0 saturated carbocycles. The Morgan fingerprint density at radius 3 is 2.62 bits per heavy atom. The lowest BCUT2D eigenvalue weighted by molar-refractivity contribution is -0.115. The standard InChI is InChI=1S/C18H18ClN3O4/c1-10(8-17(25)20-15-5-3-4-14(19)11(15)2)21-22-18(26)13-7-6-12(23)9-16(13)24/h3-7,9,23-24H,8H2,1-2H3,(H,20,25)(H,22,26)/b21-10-. The Balaban J connectivity index is 1.96. The molecule has 0 aliphatic rings. The maximum atomic E-state index is 12.1. The largest absolute Gasteiger partial charge is 0.508 e. The third kappa shape index (κ3) is 4.97. The number of hydrogen-bond donors (Lipinski definition) is 4. The monoisotopic (exact) mass is 375 g/mol. The molecule has 0 aliphatic carbocycles. The molecule has 0 aliphatic heterocycles. The summed E-state index contributed by atoms with van der Waals surface area (Å²) in [5.74, 6) is -1.50. The van der Waals surface area contributed by atoms with Gasteiger partial charge in [-0.3, -0.25) is 9.59 Å². The molecule has 8 heteroatoms. The Labute approximate surface area is 155 Å². The third-order valence-corrected chi connectivity index (χ3v) is 3.94. The lowest BCUT2D eigenvalue weighted by Gasteiger charge is -2.09. The summed E-state index contributed by atoms with van der Waals surface area (Å²) in [5.41, 5.74) is 3.94. The Kier molecular flexibility index (Phi) is 6.19. The lowest BCUT2D eigenvalue weighted by atomic mass is 10.2. The van der Waals surface area contributed by atoms with E-state index < -0.39 is 5.91 Å². The first-order valence-corrected chi connectivity index (χ1v) is 8.06. The fourth-order valence-electron chi connectivity index (χ4n) is 2.13. The third-order valence-electron chi connectivity index (χ3n) is 3.53. The van der Waals surface area contributed by atoms with Crippen LogP contribution in [0.1, 0.15) is 29.3 Å². The highest BCUT2D eigenvalue weighted by atomic mass is 35.5. The van der Waals surface area contributed by atoms with Gasteiger partial charge in [-0.1, -0.05) is 17.7 Å². The second kappa shape index (κ2) is 8.35. The van der Waals surface area contributed by atoms with E-state index in [1.165, 1.54) is 12.1 Å². The predicted octanol–water partition coefficient (Wildman–Crippen LogP) is 3.19. The zero-order chi connectivity index (χ0) is 19.3. The molecule has 136 valence electrons. The molecule has 0 fully saturated rings. The average Bonchev–Trinajstić information content (AvgIpc) is 2.57. The van der Waals surface area contributed by atoms with Crippen LogP contribution in [0.15, 0.2) is 41.5 Å². The Morgan fingerprint density at radius 1 is 1.19 bits per heavy atom. The van der Waals surface area contributed by atoms with Crippen LogP contribution < -0.4 is 10.7 Å². The molecule has 2 rings (SSSR count). The summed E-state index contributed by atoms with van der Waals surface area (Å²) in [7, 11) is 0. The first-order chi connectivity index (χ1) is 12.3. The van der Waals surface area contributed by atoms with Gasteiger partial charge >= 0.3 is 0 Å². The van der Waals surface area contributed by atoms with Crippen LogP contribution in [0.4, 0.5) is 5.69 Å². The quantitative estimate of drug-likeness (QED) is 0.475. The number of hydrazone groups is 1. The fourth-order valence-corrected chi connectivity index (χ4v) is 2.30. The van der Waals surface area contributed by atoms with Crippen molar-refractivity contribution in [3.05, 3.63) is 52.5 Å². The molecule has 0 aromatic heterocycles. The van der Waals surface area contributed by atoms with E-state index in [0.717, 1.165) is 11.6 Å². The summed E-state index contributed by atoms with van der Waals surface area (Å²) in [6.45, 7) is 3.38. The van der Waals surface area contributed by atoms with Crippen LogP contribution in [0.25, 0.3) is 0 Å². The van der Waals surface area contributed by atoms with Crippen LogP contribution in [0.5, 0.6) is 11.5 Å². The number of anilines is 1. The van der Waals surface area contributed by atoms with Gasteiger partial charge in [-0.15, -0.1) is 0 Å². The normalized spacial score (nSPS) is 11.1. The number of aromatic hydroxyl groups is 2. The van der Waals surface area contributed by atoms with Crippen molar-refractivity contribution < 1.29 is 19.8 Å². The van der Waals surface area contributed by atoms with Gasteiger partial charge in [0.05, 0.1) is 12.0 Å². The SMILES string of the molecule is C/C(CC(=O)Nc1cccc(Cl)c1C)=N/NC(=O)c1ccc(O)cc1O. The van der Waals surface area contributed by atoms with E-state index >= 15 is 0 Å². The molecule has 0 spiro atoms. The number of nitrogens with one attached hydrogen (secondary N) is 2. The van der Waals surface area contributed by atoms with Crippen molar-refractivity contribution in [2.45, 2.75) is 20.3 Å². The summed E-state index contributed by atoms with van der Waals surface area (Å²) in [5, 5.41) is 26.0. The molecule has 0 radical (unpaired) electrons. The smallest absolute Gasteiger partial charge is 0.275 e. The van der Waals surface area contributed by atoms with Gasteiger partial charge in [0.25, 0.3) is 5.91 Å². The summed E-state index contributed by atoms with van der Waals surface area (Å²) in [6, 6.07) is 8.78. The van der Waals surface area contributed by atoms with Gasteiger partial charge < -0.3 is 15.5 Å². The molecule has 2 aromatic rings. The topological polar surface area (TPSA) is 111 Å². The number of amides is 2. The minimum absolute atomic E-state index is 0.0339. The van der Waals surface area contributed by atoms with Crippen molar-refractivity contribution in [3.63, 3.8) is 0 Å². The van der Waals surface area contributed by atoms with E-state index in [2.05, 4.69) is 15.8 Å². The number of phenols is 2. The van der Waals surface area contributed by atoms with Gasteiger partial charge in [-0.25, -0.2) is 5.43 Å². The van der Waals surface area contributed by atoms with Gasteiger partial charge in [0.1, 0.15) is 11.5 Å². The first-order valence-electron chi connectivity index (χ1n) is 7.68. The number of rotatable bonds is 5. The average molecular weight is 376 g/mol. The van der Waals surface area contributed by atoms with Crippen molar-refractivity contribution in [2.75, 3.05) is 5.32 Å². The highest BCUT2D eigenvalue weighted by Crippen LogP contribution is 2.23. The van der Waals surface area contributed by atoms with Gasteiger partial charge in [-0.2, -0.15) is 5.10 Å². The number of benzene rings is 2. The number of halogens is 1. The minimum atomic E-state index is -0.659. The van der Waals surface area contributed by atoms with E-state index in [0.29, 0.717) is 16.4 Å². The Bertz CT molecular complexity index is 881. The molecular formula is C18H18ClN3O4. The Hall–Kier alpha value is -3.06.